The van der Waals surface area contributed by atoms with Crippen LogP contribution in [-0.2, 0) is 12.8 Å². The van der Waals surface area contributed by atoms with E-state index >= 15 is 0 Å². The van der Waals surface area contributed by atoms with Crippen LogP contribution in [0.4, 0.5) is 5.69 Å². The Morgan fingerprint density at radius 2 is 2.00 bits per heavy atom. The molecule has 4 rings (SSSR count). The van der Waals surface area contributed by atoms with Crippen molar-refractivity contribution in [3.8, 4) is 0 Å². The van der Waals surface area contributed by atoms with E-state index in [4.69, 9.17) is 0 Å². The zero-order valence-corrected chi connectivity index (χ0v) is 15.2. The average Bonchev–Trinajstić information content (AvgIpc) is 3.21. The van der Waals surface area contributed by atoms with Crippen molar-refractivity contribution < 1.29 is 4.79 Å². The van der Waals surface area contributed by atoms with Crippen molar-refractivity contribution in [1.29, 1.82) is 0 Å². The zero-order chi connectivity index (χ0) is 16.5. The molecule has 0 unspecified atom stereocenters. The Morgan fingerprint density at radius 3 is 2.80 bits per heavy atom. The van der Waals surface area contributed by atoms with Crippen LogP contribution in [0.2, 0.25) is 0 Å². The van der Waals surface area contributed by atoms with Gasteiger partial charge in [-0.3, -0.25) is 4.79 Å². The van der Waals surface area contributed by atoms with Crippen LogP contribution in [0, 0.1) is 6.92 Å². The Morgan fingerprint density at radius 1 is 1.24 bits per heavy atom. The van der Waals surface area contributed by atoms with E-state index in [0.29, 0.717) is 11.7 Å². The maximum Gasteiger partial charge on any atom is 0.278 e. The lowest BCUT2D eigenvalue weighted by Gasteiger charge is -2.23. The fraction of sp³-hybridized carbons (Fsp3) is 0.500. The fourth-order valence-electron chi connectivity index (χ4n) is 3.79. The van der Waals surface area contributed by atoms with Crippen molar-refractivity contribution in [1.82, 2.24) is 20.3 Å². The maximum atomic E-state index is 12.6. The van der Waals surface area contributed by atoms with Gasteiger partial charge in [-0.1, -0.05) is 11.3 Å². The van der Waals surface area contributed by atoms with Crippen LogP contribution in [0.5, 0.6) is 0 Å². The van der Waals surface area contributed by atoms with Gasteiger partial charge in [-0.25, -0.2) is 4.68 Å². The molecule has 1 aromatic carbocycles. The molecule has 2 N–H and O–H groups in total. The number of hydrogen-bond donors (Lipinski definition) is 2. The van der Waals surface area contributed by atoms with Crippen molar-refractivity contribution in [3.63, 3.8) is 0 Å². The highest BCUT2D eigenvalue weighted by atomic mass is 35.5. The number of fused-ring (bicyclic) bond motifs is 1. The number of piperidine rings is 1. The third-order valence-corrected chi connectivity index (χ3v) is 5.15. The molecule has 1 aliphatic carbocycles. The molecule has 134 valence electrons. The van der Waals surface area contributed by atoms with Gasteiger partial charge in [-0.15, -0.1) is 17.5 Å². The van der Waals surface area contributed by atoms with Crippen LogP contribution >= 0.6 is 12.4 Å². The molecule has 1 saturated heterocycles. The number of hydrogen-bond acceptors (Lipinski definition) is 4. The van der Waals surface area contributed by atoms with Gasteiger partial charge in [0.2, 0.25) is 0 Å². The highest BCUT2D eigenvalue weighted by Crippen LogP contribution is 2.25. The lowest BCUT2D eigenvalue weighted by Crippen LogP contribution is -2.30. The van der Waals surface area contributed by atoms with Crippen LogP contribution in [0.1, 0.15) is 52.6 Å². The van der Waals surface area contributed by atoms with Crippen LogP contribution in [0.3, 0.4) is 0 Å². The summed E-state index contributed by atoms with van der Waals surface area (Å²) in [4.78, 5) is 12.6. The fourth-order valence-corrected chi connectivity index (χ4v) is 3.79. The highest BCUT2D eigenvalue weighted by Gasteiger charge is 2.23. The molecule has 0 saturated carbocycles. The number of nitrogens with one attached hydrogen (secondary N) is 2. The first-order valence-electron chi connectivity index (χ1n) is 8.78. The number of aryl methyl sites for hydroxylation is 2. The number of nitrogens with zero attached hydrogens (tertiary/aromatic N) is 3. The van der Waals surface area contributed by atoms with Gasteiger partial charge in [0.05, 0.1) is 11.7 Å². The first kappa shape index (κ1) is 17.9. The summed E-state index contributed by atoms with van der Waals surface area (Å²) in [7, 11) is 0. The van der Waals surface area contributed by atoms with E-state index < -0.39 is 0 Å². The van der Waals surface area contributed by atoms with Crippen molar-refractivity contribution in [3.05, 3.63) is 40.7 Å². The average molecular weight is 362 g/mol. The molecular formula is C18H24ClN5O. The Hall–Kier alpha value is -1.92. The van der Waals surface area contributed by atoms with Crippen molar-refractivity contribution in [2.45, 2.75) is 45.1 Å². The molecule has 2 aliphatic rings. The SMILES string of the molecule is Cc1c(C(=O)Nc2ccc3c(c2)CCC3)nnn1C1CCNCC1.Cl. The molecule has 1 aromatic heterocycles. The summed E-state index contributed by atoms with van der Waals surface area (Å²) in [6.07, 6.45) is 5.50. The number of carbonyl (C=O) groups excluding carboxylic acids is 1. The van der Waals surface area contributed by atoms with E-state index in [9.17, 15) is 4.79 Å². The minimum Gasteiger partial charge on any atom is -0.321 e. The molecule has 25 heavy (non-hydrogen) atoms. The first-order chi connectivity index (χ1) is 11.7. The van der Waals surface area contributed by atoms with E-state index in [0.717, 1.165) is 50.2 Å². The summed E-state index contributed by atoms with van der Waals surface area (Å²) in [5.41, 5.74) is 4.87. The van der Waals surface area contributed by atoms with E-state index in [-0.39, 0.29) is 18.3 Å². The minimum atomic E-state index is -0.175. The summed E-state index contributed by atoms with van der Waals surface area (Å²) < 4.78 is 1.92. The molecule has 1 amide bonds. The summed E-state index contributed by atoms with van der Waals surface area (Å²) in [6, 6.07) is 6.53. The second-order valence-electron chi connectivity index (χ2n) is 6.74. The molecule has 0 bridgehead atoms. The Balaban J connectivity index is 0.00000182. The van der Waals surface area contributed by atoms with E-state index in [1.54, 1.807) is 0 Å². The zero-order valence-electron chi connectivity index (χ0n) is 14.4. The molecule has 1 fully saturated rings. The standard InChI is InChI=1S/C18H23N5O.ClH/c1-12-17(21-22-23(12)16-7-9-19-10-8-16)18(24)20-15-6-5-13-3-2-4-14(13)11-15;/h5-6,11,16,19H,2-4,7-10H2,1H3,(H,20,24);1H. The molecule has 0 radical (unpaired) electrons. The predicted molar refractivity (Wildman–Crippen MR) is 99.6 cm³/mol. The normalized spacial score (nSPS) is 17.0. The smallest absolute Gasteiger partial charge is 0.278 e. The van der Waals surface area contributed by atoms with Crippen molar-refractivity contribution in [2.24, 2.45) is 0 Å². The van der Waals surface area contributed by atoms with Crippen LogP contribution in [-0.4, -0.2) is 34.0 Å². The van der Waals surface area contributed by atoms with Gasteiger partial charge in [0.15, 0.2) is 5.69 Å². The van der Waals surface area contributed by atoms with Gasteiger partial charge < -0.3 is 10.6 Å². The third-order valence-electron chi connectivity index (χ3n) is 5.15. The highest BCUT2D eigenvalue weighted by molar-refractivity contribution is 6.03. The number of aromatic nitrogens is 3. The van der Waals surface area contributed by atoms with E-state index in [1.807, 2.05) is 17.7 Å². The lowest BCUT2D eigenvalue weighted by atomic mass is 10.1. The summed E-state index contributed by atoms with van der Waals surface area (Å²) in [5, 5.41) is 14.7. The van der Waals surface area contributed by atoms with E-state index in [1.165, 1.54) is 17.5 Å². The monoisotopic (exact) mass is 361 g/mol. The summed E-state index contributed by atoms with van der Waals surface area (Å²) in [6.45, 7) is 3.90. The number of amides is 1. The lowest BCUT2D eigenvalue weighted by molar-refractivity contribution is 0.102. The van der Waals surface area contributed by atoms with E-state index in [2.05, 4.69) is 33.1 Å². The third kappa shape index (κ3) is 3.55. The molecular weight excluding hydrogens is 338 g/mol. The molecule has 7 heteroatoms. The van der Waals surface area contributed by atoms with Gasteiger partial charge in [0.25, 0.3) is 5.91 Å². The molecule has 0 spiro atoms. The Bertz CT molecular complexity index is 767. The van der Waals surface area contributed by atoms with Crippen molar-refractivity contribution in [2.75, 3.05) is 18.4 Å². The predicted octanol–water partition coefficient (Wildman–Crippen LogP) is 2.67. The number of rotatable bonds is 3. The molecule has 0 atom stereocenters. The minimum absolute atomic E-state index is 0. The first-order valence-corrected chi connectivity index (χ1v) is 8.78. The Kier molecular flexibility index (Phi) is 5.39. The summed E-state index contributed by atoms with van der Waals surface area (Å²) >= 11 is 0. The van der Waals surface area contributed by atoms with Gasteiger partial charge in [-0.05, 0) is 75.4 Å². The number of benzene rings is 1. The topological polar surface area (TPSA) is 71.8 Å². The van der Waals surface area contributed by atoms with Gasteiger partial charge >= 0.3 is 0 Å². The maximum absolute atomic E-state index is 12.6. The molecule has 2 heterocycles. The van der Waals surface area contributed by atoms with Gasteiger partial charge in [0.1, 0.15) is 0 Å². The quantitative estimate of drug-likeness (QED) is 0.881. The van der Waals surface area contributed by atoms with Gasteiger partial charge in [-0.2, -0.15) is 0 Å². The Labute approximate surface area is 153 Å². The number of anilines is 1. The van der Waals surface area contributed by atoms with Crippen molar-refractivity contribution >= 4 is 24.0 Å². The molecule has 2 aromatic rings. The molecule has 6 nitrogen and oxygen atoms in total. The van der Waals surface area contributed by atoms with Crippen LogP contribution in [0.15, 0.2) is 18.2 Å². The number of carbonyl (C=O) groups is 1. The van der Waals surface area contributed by atoms with Crippen LogP contribution in [0.25, 0.3) is 0 Å². The largest absolute Gasteiger partial charge is 0.321 e. The number of halogens is 1. The van der Waals surface area contributed by atoms with Gasteiger partial charge in [0, 0.05) is 5.69 Å². The molecule has 1 aliphatic heterocycles. The van der Waals surface area contributed by atoms with Crippen LogP contribution < -0.4 is 10.6 Å². The second-order valence-corrected chi connectivity index (χ2v) is 6.74. The summed E-state index contributed by atoms with van der Waals surface area (Å²) in [5.74, 6) is -0.175. The second kappa shape index (κ2) is 7.54.